The first-order valence-corrected chi connectivity index (χ1v) is 6.82. The summed E-state index contributed by atoms with van der Waals surface area (Å²) in [6, 6.07) is 16.5. The van der Waals surface area contributed by atoms with E-state index in [1.165, 1.54) is 10.8 Å². The van der Waals surface area contributed by atoms with Crippen LogP contribution in [0.15, 0.2) is 54.7 Å². The highest BCUT2D eigenvalue weighted by molar-refractivity contribution is 5.86. The van der Waals surface area contributed by atoms with Gasteiger partial charge in [0.05, 0.1) is 5.69 Å². The van der Waals surface area contributed by atoms with Gasteiger partial charge in [0, 0.05) is 6.20 Å². The Hall–Kier alpha value is -2.88. The van der Waals surface area contributed by atoms with E-state index in [0.29, 0.717) is 5.95 Å². The predicted molar refractivity (Wildman–Crippen MR) is 85.5 cm³/mol. The Bertz CT molecular complexity index is 969. The van der Waals surface area contributed by atoms with Crippen LogP contribution < -0.4 is 5.73 Å². The number of aromatic nitrogens is 3. The molecule has 0 aliphatic heterocycles. The molecule has 0 unspecified atom stereocenters. The molecule has 4 heteroatoms. The maximum absolute atomic E-state index is 6.09. The number of hydrogen-bond donors (Lipinski definition) is 1. The van der Waals surface area contributed by atoms with Crippen molar-refractivity contribution >= 4 is 27.9 Å². The first kappa shape index (κ1) is 11.9. The third-order valence-corrected chi connectivity index (χ3v) is 3.65. The minimum Gasteiger partial charge on any atom is -0.369 e. The largest absolute Gasteiger partial charge is 0.369 e. The first-order chi connectivity index (χ1) is 10.2. The van der Waals surface area contributed by atoms with Crippen molar-refractivity contribution in [3.05, 3.63) is 60.3 Å². The first-order valence-electron chi connectivity index (χ1n) is 6.82. The Morgan fingerprint density at radius 1 is 1.00 bits per heavy atom. The molecule has 2 aromatic heterocycles. The zero-order valence-corrected chi connectivity index (χ0v) is 11.6. The molecular formula is C17H14N4. The lowest BCUT2D eigenvalue weighted by Crippen LogP contribution is -2.01. The van der Waals surface area contributed by atoms with Gasteiger partial charge in [0.15, 0.2) is 5.65 Å². The lowest BCUT2D eigenvalue weighted by Gasteiger charge is -2.07. The lowest BCUT2D eigenvalue weighted by atomic mass is 10.1. The van der Waals surface area contributed by atoms with Crippen LogP contribution in [0.1, 0.15) is 5.56 Å². The molecule has 0 atom stereocenters. The lowest BCUT2D eigenvalue weighted by molar-refractivity contribution is 1.08. The summed E-state index contributed by atoms with van der Waals surface area (Å²) in [5.74, 6) is 0.457. The van der Waals surface area contributed by atoms with E-state index in [-0.39, 0.29) is 0 Å². The standard InChI is InChI=1S/C17H14N4/c1-11-8-15-16(19-10-11)21(17(18)20-15)14-7-6-12-4-2-3-5-13(12)9-14/h2-10H,1H3,(H2,18,20). The van der Waals surface area contributed by atoms with Crippen LogP contribution in [0.25, 0.3) is 27.6 Å². The average Bonchev–Trinajstić information content (AvgIpc) is 2.81. The molecule has 4 aromatic rings. The summed E-state index contributed by atoms with van der Waals surface area (Å²) in [4.78, 5) is 8.89. The van der Waals surface area contributed by atoms with Crippen LogP contribution in [0.5, 0.6) is 0 Å². The zero-order chi connectivity index (χ0) is 14.4. The van der Waals surface area contributed by atoms with E-state index < -0.39 is 0 Å². The fourth-order valence-corrected chi connectivity index (χ4v) is 2.65. The van der Waals surface area contributed by atoms with Gasteiger partial charge in [0.1, 0.15) is 5.52 Å². The Morgan fingerprint density at radius 3 is 2.67 bits per heavy atom. The molecule has 0 bridgehead atoms. The fraction of sp³-hybridized carbons (Fsp3) is 0.0588. The highest BCUT2D eigenvalue weighted by atomic mass is 15.2. The molecule has 0 saturated carbocycles. The smallest absolute Gasteiger partial charge is 0.207 e. The number of fused-ring (bicyclic) bond motifs is 2. The van der Waals surface area contributed by atoms with Gasteiger partial charge in [-0.15, -0.1) is 0 Å². The van der Waals surface area contributed by atoms with Crippen molar-refractivity contribution in [1.82, 2.24) is 14.5 Å². The van der Waals surface area contributed by atoms with Crippen LogP contribution in [0.3, 0.4) is 0 Å². The fourth-order valence-electron chi connectivity index (χ4n) is 2.65. The molecule has 4 rings (SSSR count). The van der Waals surface area contributed by atoms with E-state index >= 15 is 0 Å². The molecule has 0 aliphatic carbocycles. The van der Waals surface area contributed by atoms with Gasteiger partial charge < -0.3 is 5.73 Å². The molecule has 2 aromatic carbocycles. The van der Waals surface area contributed by atoms with Gasteiger partial charge in [-0.25, -0.2) is 9.97 Å². The Labute approximate surface area is 121 Å². The summed E-state index contributed by atoms with van der Waals surface area (Å²) in [6.45, 7) is 2.00. The van der Waals surface area contributed by atoms with Crippen LogP contribution >= 0.6 is 0 Å². The summed E-state index contributed by atoms with van der Waals surface area (Å²) in [5, 5.41) is 2.37. The number of imidazole rings is 1. The quantitative estimate of drug-likeness (QED) is 0.578. The second-order valence-corrected chi connectivity index (χ2v) is 5.19. The van der Waals surface area contributed by atoms with Gasteiger partial charge in [0.25, 0.3) is 0 Å². The number of anilines is 1. The van der Waals surface area contributed by atoms with Crippen molar-refractivity contribution in [1.29, 1.82) is 0 Å². The topological polar surface area (TPSA) is 56.7 Å². The van der Waals surface area contributed by atoms with Gasteiger partial charge >= 0.3 is 0 Å². The minimum atomic E-state index is 0.457. The van der Waals surface area contributed by atoms with E-state index in [0.717, 1.165) is 22.4 Å². The summed E-state index contributed by atoms with van der Waals surface area (Å²) in [7, 11) is 0. The van der Waals surface area contributed by atoms with Crippen molar-refractivity contribution in [2.24, 2.45) is 0 Å². The number of nitrogens with two attached hydrogens (primary N) is 1. The van der Waals surface area contributed by atoms with E-state index in [9.17, 15) is 0 Å². The van der Waals surface area contributed by atoms with Gasteiger partial charge in [-0.1, -0.05) is 30.3 Å². The summed E-state index contributed by atoms with van der Waals surface area (Å²) >= 11 is 0. The third-order valence-electron chi connectivity index (χ3n) is 3.65. The van der Waals surface area contributed by atoms with Crippen molar-refractivity contribution in [3.63, 3.8) is 0 Å². The monoisotopic (exact) mass is 274 g/mol. The number of nitrogen functional groups attached to an aromatic ring is 1. The Balaban J connectivity index is 2.01. The molecular weight excluding hydrogens is 260 g/mol. The maximum atomic E-state index is 6.09. The molecule has 0 saturated heterocycles. The molecule has 2 N–H and O–H groups in total. The van der Waals surface area contributed by atoms with Gasteiger partial charge in [0.2, 0.25) is 5.95 Å². The van der Waals surface area contributed by atoms with Gasteiger partial charge in [-0.2, -0.15) is 0 Å². The van der Waals surface area contributed by atoms with Crippen molar-refractivity contribution < 1.29 is 0 Å². The highest BCUT2D eigenvalue weighted by Crippen LogP contribution is 2.25. The normalized spacial score (nSPS) is 11.3. The van der Waals surface area contributed by atoms with Crippen molar-refractivity contribution in [2.45, 2.75) is 6.92 Å². The molecule has 0 radical (unpaired) electrons. The Morgan fingerprint density at radius 2 is 1.81 bits per heavy atom. The molecule has 0 amide bonds. The number of hydrogen-bond acceptors (Lipinski definition) is 3. The number of rotatable bonds is 1. The van der Waals surface area contributed by atoms with Crippen LogP contribution in [-0.2, 0) is 0 Å². The minimum absolute atomic E-state index is 0.457. The van der Waals surface area contributed by atoms with Crippen molar-refractivity contribution in [2.75, 3.05) is 5.73 Å². The number of aryl methyl sites for hydroxylation is 1. The van der Waals surface area contributed by atoms with Crippen LogP contribution in [-0.4, -0.2) is 14.5 Å². The van der Waals surface area contributed by atoms with E-state index in [1.807, 2.05) is 42.0 Å². The van der Waals surface area contributed by atoms with Gasteiger partial charge in [-0.05, 0) is 41.5 Å². The van der Waals surface area contributed by atoms with E-state index in [1.54, 1.807) is 0 Å². The van der Waals surface area contributed by atoms with Crippen molar-refractivity contribution in [3.8, 4) is 5.69 Å². The van der Waals surface area contributed by atoms with Gasteiger partial charge in [-0.3, -0.25) is 4.57 Å². The number of nitrogens with zero attached hydrogens (tertiary/aromatic N) is 3. The molecule has 4 nitrogen and oxygen atoms in total. The molecule has 0 fully saturated rings. The molecule has 0 aliphatic rings. The number of pyridine rings is 1. The molecule has 2 heterocycles. The summed E-state index contributed by atoms with van der Waals surface area (Å²) in [5.41, 5.74) is 9.75. The molecule has 0 spiro atoms. The second kappa shape index (κ2) is 4.31. The van der Waals surface area contributed by atoms with E-state index in [2.05, 4.69) is 34.2 Å². The van der Waals surface area contributed by atoms with Crippen LogP contribution in [0.2, 0.25) is 0 Å². The molecule has 21 heavy (non-hydrogen) atoms. The third kappa shape index (κ3) is 1.84. The predicted octanol–water partition coefficient (Wildman–Crippen LogP) is 3.46. The van der Waals surface area contributed by atoms with Crippen LogP contribution in [0, 0.1) is 6.92 Å². The zero-order valence-electron chi connectivity index (χ0n) is 11.6. The second-order valence-electron chi connectivity index (χ2n) is 5.19. The SMILES string of the molecule is Cc1cnc2c(c1)nc(N)n2-c1ccc2ccccc2c1. The van der Waals surface area contributed by atoms with E-state index in [4.69, 9.17) is 5.73 Å². The Kier molecular flexibility index (Phi) is 2.44. The summed E-state index contributed by atoms with van der Waals surface area (Å²) < 4.78 is 1.89. The highest BCUT2D eigenvalue weighted by Gasteiger charge is 2.11. The molecule has 102 valence electrons. The average molecular weight is 274 g/mol. The summed E-state index contributed by atoms with van der Waals surface area (Å²) in [6.07, 6.45) is 1.83. The van der Waals surface area contributed by atoms with Crippen LogP contribution in [0.4, 0.5) is 5.95 Å². The maximum Gasteiger partial charge on any atom is 0.207 e. The number of benzene rings is 2.